The SMILES string of the molecule is CO[C@H]1CCN(C(=O)Cc2ccccn2)[C@H]1Cc1ccncc1. The number of carbonyl (C=O) groups excluding carboxylic acids is 1. The number of pyridine rings is 2. The van der Waals surface area contributed by atoms with Gasteiger partial charge in [-0.3, -0.25) is 14.8 Å². The summed E-state index contributed by atoms with van der Waals surface area (Å²) in [4.78, 5) is 22.9. The van der Waals surface area contributed by atoms with Gasteiger partial charge < -0.3 is 9.64 Å². The van der Waals surface area contributed by atoms with Crippen LogP contribution < -0.4 is 0 Å². The standard InChI is InChI=1S/C18H21N3O2/c1-23-17-7-11-21(16(17)12-14-5-9-19-10-6-14)18(22)13-15-4-2-3-8-20-15/h2-6,8-10,16-17H,7,11-13H2,1H3/t16-,17-/m0/s1. The first-order chi connectivity index (χ1) is 11.3. The van der Waals surface area contributed by atoms with Gasteiger partial charge in [0.1, 0.15) is 0 Å². The van der Waals surface area contributed by atoms with Crippen LogP contribution in [0.4, 0.5) is 0 Å². The number of methoxy groups -OCH3 is 1. The lowest BCUT2D eigenvalue weighted by atomic mass is 10.0. The summed E-state index contributed by atoms with van der Waals surface area (Å²) in [6.07, 6.45) is 7.37. The highest BCUT2D eigenvalue weighted by Gasteiger charge is 2.37. The number of hydrogen-bond acceptors (Lipinski definition) is 4. The van der Waals surface area contributed by atoms with Gasteiger partial charge in [-0.2, -0.15) is 0 Å². The van der Waals surface area contributed by atoms with Crippen LogP contribution in [-0.4, -0.2) is 46.6 Å². The van der Waals surface area contributed by atoms with Crippen LogP contribution in [-0.2, 0) is 22.4 Å². The fourth-order valence-corrected chi connectivity index (χ4v) is 3.17. The lowest BCUT2D eigenvalue weighted by Crippen LogP contribution is -2.42. The molecule has 1 saturated heterocycles. The van der Waals surface area contributed by atoms with E-state index >= 15 is 0 Å². The third kappa shape index (κ3) is 3.74. The maximum absolute atomic E-state index is 12.7. The van der Waals surface area contributed by atoms with Crippen molar-refractivity contribution in [2.75, 3.05) is 13.7 Å². The van der Waals surface area contributed by atoms with Crippen molar-refractivity contribution in [1.82, 2.24) is 14.9 Å². The number of nitrogens with zero attached hydrogens (tertiary/aromatic N) is 3. The first-order valence-corrected chi connectivity index (χ1v) is 7.89. The molecule has 0 radical (unpaired) electrons. The molecule has 1 aliphatic heterocycles. The average molecular weight is 311 g/mol. The number of amides is 1. The second-order valence-corrected chi connectivity index (χ2v) is 5.77. The van der Waals surface area contributed by atoms with E-state index in [1.807, 2.05) is 35.2 Å². The Morgan fingerprint density at radius 2 is 2.09 bits per heavy atom. The molecular weight excluding hydrogens is 290 g/mol. The molecule has 0 N–H and O–H groups in total. The highest BCUT2D eigenvalue weighted by molar-refractivity contribution is 5.79. The molecule has 5 heteroatoms. The molecule has 2 atom stereocenters. The molecule has 23 heavy (non-hydrogen) atoms. The highest BCUT2D eigenvalue weighted by atomic mass is 16.5. The maximum atomic E-state index is 12.7. The molecule has 0 spiro atoms. The van der Waals surface area contributed by atoms with Crippen molar-refractivity contribution in [3.63, 3.8) is 0 Å². The predicted molar refractivity (Wildman–Crippen MR) is 86.8 cm³/mol. The molecule has 120 valence electrons. The predicted octanol–water partition coefficient (Wildman–Crippen LogP) is 1.88. The fraction of sp³-hybridized carbons (Fsp3) is 0.389. The monoisotopic (exact) mass is 311 g/mol. The summed E-state index contributed by atoms with van der Waals surface area (Å²) in [7, 11) is 1.72. The first kappa shape index (κ1) is 15.6. The van der Waals surface area contributed by atoms with E-state index in [4.69, 9.17) is 4.74 Å². The van der Waals surface area contributed by atoms with Crippen LogP contribution in [0.1, 0.15) is 17.7 Å². The van der Waals surface area contributed by atoms with Crippen molar-refractivity contribution in [2.24, 2.45) is 0 Å². The van der Waals surface area contributed by atoms with Crippen LogP contribution in [0.3, 0.4) is 0 Å². The Bertz CT molecular complexity index is 633. The quantitative estimate of drug-likeness (QED) is 0.846. The van der Waals surface area contributed by atoms with Gasteiger partial charge in [0.25, 0.3) is 0 Å². The van der Waals surface area contributed by atoms with Crippen LogP contribution in [0.5, 0.6) is 0 Å². The summed E-state index contributed by atoms with van der Waals surface area (Å²) < 4.78 is 5.60. The molecule has 5 nitrogen and oxygen atoms in total. The van der Waals surface area contributed by atoms with Gasteiger partial charge in [0.2, 0.25) is 5.91 Å². The van der Waals surface area contributed by atoms with Gasteiger partial charge in [0.15, 0.2) is 0 Å². The molecule has 0 saturated carbocycles. The summed E-state index contributed by atoms with van der Waals surface area (Å²) in [6.45, 7) is 0.736. The third-order valence-electron chi connectivity index (χ3n) is 4.36. The van der Waals surface area contributed by atoms with Gasteiger partial charge in [0, 0.05) is 37.9 Å². The van der Waals surface area contributed by atoms with E-state index < -0.39 is 0 Å². The first-order valence-electron chi connectivity index (χ1n) is 7.89. The van der Waals surface area contributed by atoms with E-state index in [1.54, 1.807) is 25.7 Å². The second kappa shape index (κ2) is 7.33. The van der Waals surface area contributed by atoms with Crippen molar-refractivity contribution in [3.8, 4) is 0 Å². The summed E-state index contributed by atoms with van der Waals surface area (Å²) >= 11 is 0. The Labute approximate surface area is 136 Å². The number of hydrogen-bond donors (Lipinski definition) is 0. The van der Waals surface area contributed by atoms with E-state index in [9.17, 15) is 4.79 Å². The molecule has 2 aromatic heterocycles. The lowest BCUT2D eigenvalue weighted by molar-refractivity contribution is -0.132. The zero-order valence-corrected chi connectivity index (χ0v) is 13.3. The van der Waals surface area contributed by atoms with Gasteiger partial charge >= 0.3 is 0 Å². The molecule has 0 aromatic carbocycles. The summed E-state index contributed by atoms with van der Waals surface area (Å²) in [5, 5.41) is 0. The second-order valence-electron chi connectivity index (χ2n) is 5.77. The van der Waals surface area contributed by atoms with Gasteiger partial charge in [0.05, 0.1) is 18.6 Å². The minimum absolute atomic E-state index is 0.0682. The van der Waals surface area contributed by atoms with Crippen molar-refractivity contribution >= 4 is 5.91 Å². The number of ether oxygens (including phenoxy) is 1. The van der Waals surface area contributed by atoms with Gasteiger partial charge in [-0.15, -0.1) is 0 Å². The molecule has 1 aliphatic rings. The Kier molecular flexibility index (Phi) is 4.98. The molecule has 3 rings (SSSR count). The Morgan fingerprint density at radius 1 is 1.26 bits per heavy atom. The molecule has 0 aliphatic carbocycles. The fourth-order valence-electron chi connectivity index (χ4n) is 3.17. The van der Waals surface area contributed by atoms with Crippen LogP contribution in [0, 0.1) is 0 Å². The van der Waals surface area contributed by atoms with Crippen LogP contribution >= 0.6 is 0 Å². The van der Waals surface area contributed by atoms with Crippen LogP contribution in [0.2, 0.25) is 0 Å². The zero-order valence-electron chi connectivity index (χ0n) is 13.3. The van der Waals surface area contributed by atoms with Crippen molar-refractivity contribution in [2.45, 2.75) is 31.4 Å². The van der Waals surface area contributed by atoms with Crippen LogP contribution in [0.25, 0.3) is 0 Å². The normalized spacial score (nSPS) is 20.7. The van der Waals surface area contributed by atoms with E-state index in [2.05, 4.69) is 9.97 Å². The lowest BCUT2D eigenvalue weighted by Gasteiger charge is -2.27. The topological polar surface area (TPSA) is 55.3 Å². The largest absolute Gasteiger partial charge is 0.379 e. The number of carbonyl (C=O) groups is 1. The summed E-state index contributed by atoms with van der Waals surface area (Å²) in [5.41, 5.74) is 1.98. The van der Waals surface area contributed by atoms with Gasteiger partial charge in [-0.05, 0) is 42.7 Å². The average Bonchev–Trinajstić information content (AvgIpc) is 2.99. The van der Waals surface area contributed by atoms with E-state index in [0.717, 1.165) is 25.1 Å². The van der Waals surface area contributed by atoms with E-state index in [-0.39, 0.29) is 18.1 Å². The van der Waals surface area contributed by atoms with Gasteiger partial charge in [-0.25, -0.2) is 0 Å². The van der Waals surface area contributed by atoms with Crippen molar-refractivity contribution in [3.05, 3.63) is 60.2 Å². The summed E-state index contributed by atoms with van der Waals surface area (Å²) in [6, 6.07) is 9.71. The number of likely N-dealkylation sites (tertiary alicyclic amines) is 1. The molecule has 0 unspecified atom stereocenters. The molecular formula is C18H21N3O2. The Balaban J connectivity index is 1.72. The third-order valence-corrected chi connectivity index (χ3v) is 4.36. The molecule has 3 heterocycles. The molecule has 2 aromatic rings. The van der Waals surface area contributed by atoms with Crippen LogP contribution in [0.15, 0.2) is 48.9 Å². The smallest absolute Gasteiger partial charge is 0.228 e. The summed E-state index contributed by atoms with van der Waals surface area (Å²) in [5.74, 6) is 0.113. The number of aromatic nitrogens is 2. The van der Waals surface area contributed by atoms with Crippen molar-refractivity contribution in [1.29, 1.82) is 0 Å². The molecule has 1 fully saturated rings. The Hall–Kier alpha value is -2.27. The van der Waals surface area contributed by atoms with Crippen molar-refractivity contribution < 1.29 is 9.53 Å². The van der Waals surface area contributed by atoms with Gasteiger partial charge in [-0.1, -0.05) is 6.07 Å². The molecule has 0 bridgehead atoms. The molecule has 1 amide bonds. The minimum Gasteiger partial charge on any atom is -0.379 e. The number of rotatable bonds is 5. The minimum atomic E-state index is 0.0682. The Morgan fingerprint density at radius 3 is 2.78 bits per heavy atom. The maximum Gasteiger partial charge on any atom is 0.228 e. The van der Waals surface area contributed by atoms with E-state index in [0.29, 0.717) is 6.42 Å². The highest BCUT2D eigenvalue weighted by Crippen LogP contribution is 2.24. The van der Waals surface area contributed by atoms with E-state index in [1.165, 1.54) is 5.56 Å². The zero-order chi connectivity index (χ0) is 16.1.